The molecule has 0 N–H and O–H groups in total. The topological polar surface area (TPSA) is 17.1 Å². The van der Waals surface area contributed by atoms with Gasteiger partial charge >= 0.3 is 0 Å². The summed E-state index contributed by atoms with van der Waals surface area (Å²) in [7, 11) is 0. The molecule has 0 saturated heterocycles. The molecule has 1 nitrogen and oxygen atoms in total. The fourth-order valence-electron chi connectivity index (χ4n) is 2.18. The fraction of sp³-hybridized carbons (Fsp3) is 0.500. The van der Waals surface area contributed by atoms with Crippen molar-refractivity contribution >= 4 is 6.29 Å². The summed E-state index contributed by atoms with van der Waals surface area (Å²) in [6.45, 7) is 6.49. The van der Waals surface area contributed by atoms with E-state index in [4.69, 9.17) is 0 Å². The highest BCUT2D eigenvalue weighted by atomic mass is 16.1. The Balaban J connectivity index is 3.14. The van der Waals surface area contributed by atoms with Crippen LogP contribution in [-0.4, -0.2) is 6.29 Å². The van der Waals surface area contributed by atoms with Gasteiger partial charge < -0.3 is 4.79 Å². The summed E-state index contributed by atoms with van der Waals surface area (Å²) in [6, 6.07) is 6.47. The number of aldehydes is 1. The highest BCUT2D eigenvalue weighted by Gasteiger charge is 2.12. The van der Waals surface area contributed by atoms with Crippen LogP contribution in [0.3, 0.4) is 0 Å². The molecule has 1 aromatic rings. The van der Waals surface area contributed by atoms with Gasteiger partial charge in [0, 0.05) is 6.42 Å². The summed E-state index contributed by atoms with van der Waals surface area (Å²) >= 11 is 0. The van der Waals surface area contributed by atoms with E-state index in [9.17, 15) is 4.79 Å². The first-order chi connectivity index (χ1) is 7.24. The van der Waals surface area contributed by atoms with Crippen molar-refractivity contribution in [2.24, 2.45) is 0 Å². The van der Waals surface area contributed by atoms with E-state index >= 15 is 0 Å². The lowest BCUT2D eigenvalue weighted by Crippen LogP contribution is -2.04. The van der Waals surface area contributed by atoms with Crippen molar-refractivity contribution in [1.82, 2.24) is 0 Å². The van der Waals surface area contributed by atoms with Crippen LogP contribution in [0, 0.1) is 0 Å². The van der Waals surface area contributed by atoms with E-state index in [1.54, 1.807) is 0 Å². The summed E-state index contributed by atoms with van der Waals surface area (Å²) in [5.74, 6) is 0.355. The van der Waals surface area contributed by atoms with Crippen molar-refractivity contribution in [1.29, 1.82) is 0 Å². The number of carbonyl (C=O) groups is 1. The van der Waals surface area contributed by atoms with E-state index in [0.29, 0.717) is 12.3 Å². The lowest BCUT2D eigenvalue weighted by Gasteiger charge is -2.17. The molecule has 0 amide bonds. The Hall–Kier alpha value is -1.11. The molecule has 0 fully saturated rings. The monoisotopic (exact) mass is 204 g/mol. The molecule has 0 aromatic heterocycles. The predicted octanol–water partition coefficient (Wildman–Crippen LogP) is 3.50. The smallest absolute Gasteiger partial charge is 0.120 e. The first-order valence-corrected chi connectivity index (χ1v) is 5.78. The molecule has 0 aliphatic rings. The maximum absolute atomic E-state index is 10.6. The summed E-state index contributed by atoms with van der Waals surface area (Å²) in [4.78, 5) is 10.6. The van der Waals surface area contributed by atoms with Crippen LogP contribution in [0.15, 0.2) is 18.2 Å². The summed E-state index contributed by atoms with van der Waals surface area (Å²) in [5, 5.41) is 0. The standard InChI is InChI=1S/C14H20O/c1-4-12-7-6-8-13(5-2)14(12)11(3)9-10-15/h6-8,10-11H,4-5,9H2,1-3H3. The van der Waals surface area contributed by atoms with E-state index in [1.807, 2.05) is 0 Å². The molecule has 1 rings (SSSR count). The van der Waals surface area contributed by atoms with Crippen molar-refractivity contribution in [2.75, 3.05) is 0 Å². The Labute approximate surface area is 92.5 Å². The zero-order valence-electron chi connectivity index (χ0n) is 9.92. The molecule has 0 radical (unpaired) electrons. The van der Waals surface area contributed by atoms with Crippen molar-refractivity contribution in [3.8, 4) is 0 Å². The number of carbonyl (C=O) groups excluding carboxylic acids is 1. The molecule has 1 atom stereocenters. The first kappa shape index (κ1) is 12.0. The van der Waals surface area contributed by atoms with Crippen LogP contribution in [0.4, 0.5) is 0 Å². The molecule has 0 heterocycles. The SMILES string of the molecule is CCc1cccc(CC)c1C(C)CC=O. The zero-order valence-corrected chi connectivity index (χ0v) is 9.92. The number of benzene rings is 1. The molecule has 0 bridgehead atoms. The van der Waals surface area contributed by atoms with Gasteiger partial charge in [-0.05, 0) is 35.4 Å². The molecule has 0 saturated carbocycles. The van der Waals surface area contributed by atoms with Crippen LogP contribution in [0.25, 0.3) is 0 Å². The lowest BCUT2D eigenvalue weighted by molar-refractivity contribution is -0.108. The van der Waals surface area contributed by atoms with E-state index in [1.165, 1.54) is 16.7 Å². The van der Waals surface area contributed by atoms with Gasteiger partial charge in [0.15, 0.2) is 0 Å². The second-order valence-electron chi connectivity index (χ2n) is 4.00. The van der Waals surface area contributed by atoms with Gasteiger partial charge in [-0.25, -0.2) is 0 Å². The molecule has 1 unspecified atom stereocenters. The Morgan fingerprint density at radius 1 is 1.20 bits per heavy atom. The van der Waals surface area contributed by atoms with Gasteiger partial charge in [0.25, 0.3) is 0 Å². The molecule has 82 valence electrons. The van der Waals surface area contributed by atoms with Crippen LogP contribution in [-0.2, 0) is 17.6 Å². The maximum atomic E-state index is 10.6. The Morgan fingerprint density at radius 2 is 1.73 bits per heavy atom. The highest BCUT2D eigenvalue weighted by molar-refractivity contribution is 5.53. The lowest BCUT2D eigenvalue weighted by atomic mass is 9.87. The quantitative estimate of drug-likeness (QED) is 0.671. The Morgan fingerprint density at radius 3 is 2.13 bits per heavy atom. The van der Waals surface area contributed by atoms with Crippen molar-refractivity contribution < 1.29 is 4.79 Å². The van der Waals surface area contributed by atoms with E-state index in [-0.39, 0.29) is 0 Å². The van der Waals surface area contributed by atoms with E-state index in [2.05, 4.69) is 39.0 Å². The molecule has 15 heavy (non-hydrogen) atoms. The predicted molar refractivity (Wildman–Crippen MR) is 64.3 cm³/mol. The van der Waals surface area contributed by atoms with E-state index in [0.717, 1.165) is 19.1 Å². The van der Waals surface area contributed by atoms with Gasteiger partial charge in [-0.15, -0.1) is 0 Å². The van der Waals surface area contributed by atoms with Gasteiger partial charge in [-0.3, -0.25) is 0 Å². The third-order valence-corrected chi connectivity index (χ3v) is 2.99. The third-order valence-electron chi connectivity index (χ3n) is 2.99. The average molecular weight is 204 g/mol. The molecule has 0 spiro atoms. The van der Waals surface area contributed by atoms with Gasteiger partial charge in [0.05, 0.1) is 0 Å². The minimum Gasteiger partial charge on any atom is -0.303 e. The first-order valence-electron chi connectivity index (χ1n) is 5.78. The molecule has 0 aliphatic heterocycles. The third kappa shape index (κ3) is 2.68. The molecular weight excluding hydrogens is 184 g/mol. The molecule has 0 aliphatic carbocycles. The molecule has 1 aromatic carbocycles. The highest BCUT2D eigenvalue weighted by Crippen LogP contribution is 2.27. The number of rotatable bonds is 5. The fourth-order valence-corrected chi connectivity index (χ4v) is 2.18. The number of aryl methyl sites for hydroxylation is 2. The van der Waals surface area contributed by atoms with Crippen molar-refractivity contribution in [2.45, 2.75) is 46.0 Å². The molecular formula is C14H20O. The van der Waals surface area contributed by atoms with Crippen molar-refractivity contribution in [3.05, 3.63) is 34.9 Å². The van der Waals surface area contributed by atoms with Gasteiger partial charge in [0.2, 0.25) is 0 Å². The summed E-state index contributed by atoms with van der Waals surface area (Å²) < 4.78 is 0. The zero-order chi connectivity index (χ0) is 11.3. The molecule has 1 heteroatoms. The van der Waals surface area contributed by atoms with Gasteiger partial charge in [-0.2, -0.15) is 0 Å². The summed E-state index contributed by atoms with van der Waals surface area (Å²) in [6.07, 6.45) is 3.75. The van der Waals surface area contributed by atoms with Crippen LogP contribution < -0.4 is 0 Å². The van der Waals surface area contributed by atoms with Gasteiger partial charge in [0.1, 0.15) is 6.29 Å². The second kappa shape index (κ2) is 5.69. The number of hydrogen-bond acceptors (Lipinski definition) is 1. The largest absolute Gasteiger partial charge is 0.303 e. The number of hydrogen-bond donors (Lipinski definition) is 0. The minimum absolute atomic E-state index is 0.355. The van der Waals surface area contributed by atoms with E-state index < -0.39 is 0 Å². The van der Waals surface area contributed by atoms with Crippen LogP contribution >= 0.6 is 0 Å². The van der Waals surface area contributed by atoms with Crippen molar-refractivity contribution in [3.63, 3.8) is 0 Å². The second-order valence-corrected chi connectivity index (χ2v) is 4.00. The minimum atomic E-state index is 0.355. The van der Waals surface area contributed by atoms with Gasteiger partial charge in [-0.1, -0.05) is 39.0 Å². The Kier molecular flexibility index (Phi) is 4.54. The van der Waals surface area contributed by atoms with Crippen LogP contribution in [0.1, 0.15) is 49.8 Å². The maximum Gasteiger partial charge on any atom is 0.120 e. The van der Waals surface area contributed by atoms with Crippen LogP contribution in [0.5, 0.6) is 0 Å². The normalized spacial score (nSPS) is 12.5. The Bertz CT molecular complexity index is 306. The summed E-state index contributed by atoms with van der Waals surface area (Å²) in [5.41, 5.74) is 4.18. The van der Waals surface area contributed by atoms with Crippen LogP contribution in [0.2, 0.25) is 0 Å². The average Bonchev–Trinajstić information content (AvgIpc) is 2.28.